The second-order valence-electron chi connectivity index (χ2n) is 4.27. The van der Waals surface area contributed by atoms with E-state index in [4.69, 9.17) is 10.5 Å². The van der Waals surface area contributed by atoms with Crippen LogP contribution in [0.2, 0.25) is 0 Å². The van der Waals surface area contributed by atoms with E-state index >= 15 is 0 Å². The molecule has 2 rings (SSSR count). The molecule has 0 saturated carbocycles. The zero-order chi connectivity index (χ0) is 12.3. The molecule has 0 spiro atoms. The van der Waals surface area contributed by atoms with Gasteiger partial charge in [-0.3, -0.25) is 4.79 Å². The maximum atomic E-state index is 11.6. The van der Waals surface area contributed by atoms with E-state index in [1.165, 1.54) is 13.4 Å². The second kappa shape index (κ2) is 5.18. The molecule has 0 aromatic carbocycles. The van der Waals surface area contributed by atoms with Crippen LogP contribution in [0.3, 0.4) is 0 Å². The molecular weight excluding hydrogens is 220 g/mol. The fourth-order valence-electron chi connectivity index (χ4n) is 2.28. The van der Waals surface area contributed by atoms with Gasteiger partial charge in [0.15, 0.2) is 5.82 Å². The number of nitrogens with zero attached hydrogens (tertiary/aromatic N) is 2. The van der Waals surface area contributed by atoms with Gasteiger partial charge < -0.3 is 20.4 Å². The van der Waals surface area contributed by atoms with Gasteiger partial charge >= 0.3 is 0 Å². The molecule has 1 saturated heterocycles. The Balaban J connectivity index is 2.18. The minimum absolute atomic E-state index is 0.236. The predicted molar refractivity (Wildman–Crippen MR) is 65.4 cm³/mol. The molecule has 1 aliphatic heterocycles. The third-order valence-electron chi connectivity index (χ3n) is 3.16. The highest BCUT2D eigenvalue weighted by Crippen LogP contribution is 2.28. The summed E-state index contributed by atoms with van der Waals surface area (Å²) in [6.45, 7) is 2.50. The van der Waals surface area contributed by atoms with Crippen molar-refractivity contribution >= 4 is 5.82 Å². The second-order valence-corrected chi connectivity index (χ2v) is 4.27. The van der Waals surface area contributed by atoms with E-state index in [-0.39, 0.29) is 5.56 Å². The molecule has 2 heterocycles. The molecule has 6 nitrogen and oxygen atoms in total. The summed E-state index contributed by atoms with van der Waals surface area (Å²) in [7, 11) is 1.49. The van der Waals surface area contributed by atoms with Crippen LogP contribution in [0.4, 0.5) is 5.82 Å². The zero-order valence-electron chi connectivity index (χ0n) is 9.98. The summed E-state index contributed by atoms with van der Waals surface area (Å²) in [5.41, 5.74) is 5.32. The number of methoxy groups -OCH3 is 1. The average molecular weight is 238 g/mol. The average Bonchev–Trinajstić information content (AvgIpc) is 2.78. The van der Waals surface area contributed by atoms with Gasteiger partial charge in [-0.1, -0.05) is 0 Å². The van der Waals surface area contributed by atoms with Crippen LogP contribution in [0.25, 0.3) is 0 Å². The number of hydrogen-bond donors (Lipinski definition) is 2. The number of aromatic nitrogens is 2. The first-order valence-corrected chi connectivity index (χ1v) is 5.83. The molecule has 0 radical (unpaired) electrons. The maximum absolute atomic E-state index is 11.6. The van der Waals surface area contributed by atoms with E-state index in [1.54, 1.807) is 0 Å². The van der Waals surface area contributed by atoms with Gasteiger partial charge in [0, 0.05) is 13.1 Å². The Morgan fingerprint density at radius 1 is 1.71 bits per heavy atom. The number of nitrogens with one attached hydrogen (secondary N) is 1. The standard InChI is InChI=1S/C11H18N4O2/c1-17-9-10(13-7-14-11(9)16)15-5-3-8(6-15)2-4-12/h7-8H,2-6,12H2,1H3,(H,13,14,16). The summed E-state index contributed by atoms with van der Waals surface area (Å²) < 4.78 is 5.11. The van der Waals surface area contributed by atoms with Crippen LogP contribution in [0.5, 0.6) is 5.75 Å². The van der Waals surface area contributed by atoms with Gasteiger partial charge in [-0.25, -0.2) is 4.98 Å². The number of hydrogen-bond acceptors (Lipinski definition) is 5. The molecule has 1 unspecified atom stereocenters. The minimum Gasteiger partial charge on any atom is -0.489 e. The highest BCUT2D eigenvalue weighted by molar-refractivity contribution is 5.51. The van der Waals surface area contributed by atoms with Gasteiger partial charge in [-0.15, -0.1) is 0 Å². The molecule has 1 fully saturated rings. The first kappa shape index (κ1) is 11.9. The molecule has 0 aliphatic carbocycles. The highest BCUT2D eigenvalue weighted by atomic mass is 16.5. The smallest absolute Gasteiger partial charge is 0.295 e. The normalized spacial score (nSPS) is 19.6. The van der Waals surface area contributed by atoms with Crippen molar-refractivity contribution in [3.63, 3.8) is 0 Å². The number of aromatic amines is 1. The summed E-state index contributed by atoms with van der Waals surface area (Å²) in [5, 5.41) is 0. The minimum atomic E-state index is -0.236. The van der Waals surface area contributed by atoms with Crippen molar-refractivity contribution in [3.05, 3.63) is 16.7 Å². The number of ether oxygens (including phenoxy) is 1. The molecule has 17 heavy (non-hydrogen) atoms. The molecule has 1 aromatic heterocycles. The molecule has 3 N–H and O–H groups in total. The van der Waals surface area contributed by atoms with Gasteiger partial charge in [0.1, 0.15) is 0 Å². The lowest BCUT2D eigenvalue weighted by atomic mass is 10.1. The van der Waals surface area contributed by atoms with Crippen LogP contribution in [0, 0.1) is 5.92 Å². The van der Waals surface area contributed by atoms with E-state index in [0.29, 0.717) is 24.0 Å². The number of anilines is 1. The molecular formula is C11H18N4O2. The Hall–Kier alpha value is -1.56. The summed E-state index contributed by atoms with van der Waals surface area (Å²) in [5.74, 6) is 1.52. The van der Waals surface area contributed by atoms with E-state index in [2.05, 4.69) is 14.9 Å². The van der Waals surface area contributed by atoms with Crippen molar-refractivity contribution in [1.82, 2.24) is 9.97 Å². The van der Waals surface area contributed by atoms with Crippen molar-refractivity contribution in [2.45, 2.75) is 12.8 Å². The molecule has 0 amide bonds. The first-order valence-electron chi connectivity index (χ1n) is 5.83. The van der Waals surface area contributed by atoms with Crippen LogP contribution in [-0.4, -0.2) is 36.7 Å². The summed E-state index contributed by atoms with van der Waals surface area (Å²) in [6.07, 6.45) is 3.52. The number of H-pyrrole nitrogens is 1. The highest BCUT2D eigenvalue weighted by Gasteiger charge is 2.25. The zero-order valence-corrected chi connectivity index (χ0v) is 9.98. The van der Waals surface area contributed by atoms with E-state index in [1.807, 2.05) is 0 Å². The Morgan fingerprint density at radius 2 is 2.53 bits per heavy atom. The van der Waals surface area contributed by atoms with Crippen LogP contribution < -0.4 is 20.9 Å². The quantitative estimate of drug-likeness (QED) is 0.768. The molecule has 6 heteroatoms. The lowest BCUT2D eigenvalue weighted by Crippen LogP contribution is -2.25. The third kappa shape index (κ3) is 2.41. The molecule has 1 aliphatic rings. The predicted octanol–water partition coefficient (Wildman–Crippen LogP) is -0.0464. The summed E-state index contributed by atoms with van der Waals surface area (Å²) in [4.78, 5) is 20.4. The number of rotatable bonds is 4. The Morgan fingerprint density at radius 3 is 3.24 bits per heavy atom. The van der Waals surface area contributed by atoms with Gasteiger partial charge in [-0.05, 0) is 25.3 Å². The van der Waals surface area contributed by atoms with Crippen molar-refractivity contribution < 1.29 is 4.74 Å². The van der Waals surface area contributed by atoms with Crippen LogP contribution in [0.15, 0.2) is 11.1 Å². The Kier molecular flexibility index (Phi) is 3.63. The molecule has 94 valence electrons. The van der Waals surface area contributed by atoms with Crippen LogP contribution in [0.1, 0.15) is 12.8 Å². The maximum Gasteiger partial charge on any atom is 0.295 e. The lowest BCUT2D eigenvalue weighted by molar-refractivity contribution is 0.406. The van der Waals surface area contributed by atoms with Crippen molar-refractivity contribution in [2.75, 3.05) is 31.6 Å². The SMILES string of the molecule is COc1c(N2CCC(CCN)C2)nc[nH]c1=O. The van der Waals surface area contributed by atoms with Gasteiger partial charge in [0.25, 0.3) is 5.56 Å². The van der Waals surface area contributed by atoms with E-state index < -0.39 is 0 Å². The Labute approximate surface area is 99.8 Å². The van der Waals surface area contributed by atoms with E-state index in [0.717, 1.165) is 25.9 Å². The fraction of sp³-hybridized carbons (Fsp3) is 0.636. The van der Waals surface area contributed by atoms with Crippen LogP contribution >= 0.6 is 0 Å². The van der Waals surface area contributed by atoms with Crippen molar-refractivity contribution in [2.24, 2.45) is 11.7 Å². The topological polar surface area (TPSA) is 84.2 Å². The summed E-state index contributed by atoms with van der Waals surface area (Å²) >= 11 is 0. The Bertz CT molecular complexity index is 432. The largest absolute Gasteiger partial charge is 0.489 e. The molecule has 0 bridgehead atoms. The van der Waals surface area contributed by atoms with Crippen LogP contribution in [-0.2, 0) is 0 Å². The number of nitrogens with two attached hydrogens (primary N) is 1. The van der Waals surface area contributed by atoms with Gasteiger partial charge in [0.05, 0.1) is 13.4 Å². The van der Waals surface area contributed by atoms with Gasteiger partial charge in [0.2, 0.25) is 5.75 Å². The summed E-state index contributed by atoms with van der Waals surface area (Å²) in [6, 6.07) is 0. The molecule has 1 atom stereocenters. The third-order valence-corrected chi connectivity index (χ3v) is 3.16. The fourth-order valence-corrected chi connectivity index (χ4v) is 2.28. The monoisotopic (exact) mass is 238 g/mol. The first-order chi connectivity index (χ1) is 8.26. The van der Waals surface area contributed by atoms with Crippen molar-refractivity contribution in [3.8, 4) is 5.75 Å². The van der Waals surface area contributed by atoms with E-state index in [9.17, 15) is 4.79 Å². The van der Waals surface area contributed by atoms with Gasteiger partial charge in [-0.2, -0.15) is 0 Å². The van der Waals surface area contributed by atoms with Crippen molar-refractivity contribution in [1.29, 1.82) is 0 Å². The lowest BCUT2D eigenvalue weighted by Gasteiger charge is -2.18. The molecule has 1 aromatic rings.